The Kier molecular flexibility index (Phi) is 4.74. The fourth-order valence-electron chi connectivity index (χ4n) is 3.89. The van der Waals surface area contributed by atoms with Crippen molar-refractivity contribution < 1.29 is 0 Å². The van der Waals surface area contributed by atoms with Crippen molar-refractivity contribution in [3.8, 4) is 0 Å². The molecule has 2 nitrogen and oxygen atoms in total. The third-order valence-electron chi connectivity index (χ3n) is 4.96. The minimum Gasteiger partial charge on any atom is -0.314 e. The number of fused-ring (bicyclic) bond motifs is 1. The molecule has 110 valence electrons. The molecule has 20 heavy (non-hydrogen) atoms. The molecule has 0 radical (unpaired) electrons. The second-order valence-corrected chi connectivity index (χ2v) is 6.54. The molecule has 0 aromatic heterocycles. The highest BCUT2D eigenvalue weighted by molar-refractivity contribution is 5.30. The van der Waals surface area contributed by atoms with Gasteiger partial charge in [-0.3, -0.25) is 4.90 Å². The molecule has 2 atom stereocenters. The lowest BCUT2D eigenvalue weighted by atomic mass is 9.84. The van der Waals surface area contributed by atoms with Crippen LogP contribution in [0.1, 0.15) is 50.2 Å². The fourth-order valence-corrected chi connectivity index (χ4v) is 3.89. The average Bonchev–Trinajstić information content (AvgIpc) is 2.88. The summed E-state index contributed by atoms with van der Waals surface area (Å²) in [5, 5.41) is 3.79. The Bertz CT molecular complexity index is 404. The van der Waals surface area contributed by atoms with E-state index in [1.807, 2.05) is 0 Å². The Balaban J connectivity index is 1.57. The van der Waals surface area contributed by atoms with Crippen molar-refractivity contribution in [2.24, 2.45) is 5.92 Å². The quantitative estimate of drug-likeness (QED) is 0.881. The Labute approximate surface area is 123 Å². The first-order valence-electron chi connectivity index (χ1n) is 8.39. The van der Waals surface area contributed by atoms with E-state index in [1.54, 1.807) is 11.1 Å². The smallest absolute Gasteiger partial charge is 0.0240 e. The fraction of sp³-hybridized carbons (Fsp3) is 0.667. The van der Waals surface area contributed by atoms with Crippen molar-refractivity contribution in [3.63, 3.8) is 0 Å². The number of hydrogen-bond donors (Lipinski definition) is 1. The zero-order valence-electron chi connectivity index (χ0n) is 12.8. The number of rotatable bonds is 5. The summed E-state index contributed by atoms with van der Waals surface area (Å²) in [6.07, 6.45) is 6.88. The molecule has 1 heterocycles. The third-order valence-corrected chi connectivity index (χ3v) is 4.96. The molecular weight excluding hydrogens is 244 g/mol. The van der Waals surface area contributed by atoms with Gasteiger partial charge in [0, 0.05) is 25.7 Å². The van der Waals surface area contributed by atoms with Gasteiger partial charge < -0.3 is 5.32 Å². The predicted octanol–water partition coefficient (Wildman–Crippen LogP) is 3.56. The van der Waals surface area contributed by atoms with Gasteiger partial charge in [-0.1, -0.05) is 44.0 Å². The van der Waals surface area contributed by atoms with Crippen LogP contribution in [0.4, 0.5) is 0 Å². The molecule has 1 aromatic rings. The second kappa shape index (κ2) is 6.73. The number of nitrogens with zero attached hydrogens (tertiary/aromatic N) is 1. The summed E-state index contributed by atoms with van der Waals surface area (Å²) < 4.78 is 0. The topological polar surface area (TPSA) is 15.3 Å². The monoisotopic (exact) mass is 272 g/mol. The summed E-state index contributed by atoms with van der Waals surface area (Å²) in [4.78, 5) is 2.65. The normalized spacial score (nSPS) is 26.6. The third kappa shape index (κ3) is 3.24. The lowest BCUT2D eigenvalue weighted by Crippen LogP contribution is -2.43. The molecule has 3 rings (SSSR count). The van der Waals surface area contributed by atoms with Gasteiger partial charge in [0.2, 0.25) is 0 Å². The van der Waals surface area contributed by atoms with Crippen molar-refractivity contribution in [2.75, 3.05) is 13.1 Å². The summed E-state index contributed by atoms with van der Waals surface area (Å²) in [6, 6.07) is 9.70. The molecule has 1 N–H and O–H groups in total. The largest absolute Gasteiger partial charge is 0.314 e. The van der Waals surface area contributed by atoms with Crippen LogP contribution in [-0.2, 0) is 13.1 Å². The Hall–Kier alpha value is -0.860. The van der Waals surface area contributed by atoms with Crippen LogP contribution >= 0.6 is 0 Å². The first-order valence-corrected chi connectivity index (χ1v) is 8.39. The zero-order valence-corrected chi connectivity index (χ0v) is 12.8. The predicted molar refractivity (Wildman–Crippen MR) is 84.6 cm³/mol. The van der Waals surface area contributed by atoms with Gasteiger partial charge in [-0.2, -0.15) is 0 Å². The Morgan fingerprint density at radius 2 is 1.80 bits per heavy atom. The van der Waals surface area contributed by atoms with E-state index in [0.717, 1.165) is 25.0 Å². The highest BCUT2D eigenvalue weighted by Crippen LogP contribution is 2.29. The van der Waals surface area contributed by atoms with Crippen molar-refractivity contribution >= 4 is 0 Å². The van der Waals surface area contributed by atoms with Crippen LogP contribution < -0.4 is 5.32 Å². The van der Waals surface area contributed by atoms with Crippen LogP contribution in [0.2, 0.25) is 0 Å². The molecule has 0 spiro atoms. The lowest BCUT2D eigenvalue weighted by molar-refractivity contribution is 0.168. The number of hydrogen-bond acceptors (Lipinski definition) is 2. The average molecular weight is 272 g/mol. The highest BCUT2D eigenvalue weighted by atomic mass is 15.1. The van der Waals surface area contributed by atoms with Gasteiger partial charge >= 0.3 is 0 Å². The lowest BCUT2D eigenvalue weighted by Gasteiger charge is -2.35. The van der Waals surface area contributed by atoms with E-state index in [2.05, 4.69) is 41.4 Å². The van der Waals surface area contributed by atoms with Crippen molar-refractivity contribution in [1.29, 1.82) is 0 Å². The molecule has 2 unspecified atom stereocenters. The standard InChI is InChI=1S/C18H28N2/c1-2-11-19-18-10-6-5-9-17(18)14-20-12-15-7-3-4-8-16(15)13-20/h3-4,7-8,17-19H,2,5-6,9-14H2,1H3. The van der Waals surface area contributed by atoms with Gasteiger partial charge in [0.25, 0.3) is 0 Å². The molecule has 1 aliphatic heterocycles. The highest BCUT2D eigenvalue weighted by Gasteiger charge is 2.28. The summed E-state index contributed by atoms with van der Waals surface area (Å²) in [5.41, 5.74) is 3.09. The van der Waals surface area contributed by atoms with Crippen LogP contribution in [0.5, 0.6) is 0 Å². The second-order valence-electron chi connectivity index (χ2n) is 6.54. The zero-order chi connectivity index (χ0) is 13.8. The number of benzene rings is 1. The van der Waals surface area contributed by atoms with Crippen molar-refractivity contribution in [2.45, 2.75) is 58.2 Å². The van der Waals surface area contributed by atoms with Crippen LogP contribution in [0.25, 0.3) is 0 Å². The Morgan fingerprint density at radius 3 is 2.50 bits per heavy atom. The van der Waals surface area contributed by atoms with Gasteiger partial charge in [-0.15, -0.1) is 0 Å². The maximum absolute atomic E-state index is 3.79. The maximum Gasteiger partial charge on any atom is 0.0240 e. The van der Waals surface area contributed by atoms with Crippen LogP contribution in [0.15, 0.2) is 24.3 Å². The number of nitrogens with one attached hydrogen (secondary N) is 1. The van der Waals surface area contributed by atoms with E-state index >= 15 is 0 Å². The summed E-state index contributed by atoms with van der Waals surface area (Å²) >= 11 is 0. The van der Waals surface area contributed by atoms with E-state index in [9.17, 15) is 0 Å². The van der Waals surface area contributed by atoms with Crippen LogP contribution in [-0.4, -0.2) is 24.0 Å². The van der Waals surface area contributed by atoms with E-state index < -0.39 is 0 Å². The minimum absolute atomic E-state index is 0.757. The SMILES string of the molecule is CCCNC1CCCCC1CN1Cc2ccccc2C1. The first-order chi connectivity index (χ1) is 9.86. The van der Waals surface area contributed by atoms with Gasteiger partial charge in [-0.25, -0.2) is 0 Å². The molecule has 2 aliphatic rings. The minimum atomic E-state index is 0.757. The Morgan fingerprint density at radius 1 is 1.10 bits per heavy atom. The van der Waals surface area contributed by atoms with Gasteiger partial charge in [0.1, 0.15) is 0 Å². The summed E-state index contributed by atoms with van der Waals surface area (Å²) in [5.74, 6) is 0.851. The van der Waals surface area contributed by atoms with E-state index in [-0.39, 0.29) is 0 Å². The van der Waals surface area contributed by atoms with Crippen molar-refractivity contribution in [1.82, 2.24) is 10.2 Å². The van der Waals surface area contributed by atoms with Gasteiger partial charge in [0.15, 0.2) is 0 Å². The van der Waals surface area contributed by atoms with E-state index in [0.29, 0.717) is 0 Å². The van der Waals surface area contributed by atoms with Crippen molar-refractivity contribution in [3.05, 3.63) is 35.4 Å². The summed E-state index contributed by atoms with van der Waals surface area (Å²) in [7, 11) is 0. The first kappa shape index (κ1) is 14.1. The molecule has 0 amide bonds. The van der Waals surface area contributed by atoms with Crippen LogP contribution in [0.3, 0.4) is 0 Å². The van der Waals surface area contributed by atoms with Crippen LogP contribution in [0, 0.1) is 5.92 Å². The molecular formula is C18H28N2. The van der Waals surface area contributed by atoms with E-state index in [4.69, 9.17) is 0 Å². The molecule has 0 bridgehead atoms. The van der Waals surface area contributed by atoms with Gasteiger partial charge in [0.05, 0.1) is 0 Å². The molecule has 1 aromatic carbocycles. The molecule has 0 saturated heterocycles. The molecule has 1 aliphatic carbocycles. The summed E-state index contributed by atoms with van der Waals surface area (Å²) in [6.45, 7) is 7.04. The van der Waals surface area contributed by atoms with E-state index in [1.165, 1.54) is 45.2 Å². The van der Waals surface area contributed by atoms with Gasteiger partial charge in [-0.05, 0) is 42.9 Å². The molecule has 1 fully saturated rings. The maximum atomic E-state index is 3.79. The molecule has 1 saturated carbocycles. The molecule has 2 heteroatoms.